The molecule has 1 heterocycles. The van der Waals surface area contributed by atoms with Crippen LogP contribution in [0.1, 0.15) is 24.2 Å². The molecule has 1 aromatic carbocycles. The van der Waals surface area contributed by atoms with E-state index in [-0.39, 0.29) is 5.82 Å². The number of halogens is 1. The Morgan fingerprint density at radius 2 is 2.24 bits per heavy atom. The molecule has 2 rings (SSSR count). The van der Waals surface area contributed by atoms with E-state index in [4.69, 9.17) is 4.52 Å². The van der Waals surface area contributed by atoms with Crippen molar-refractivity contribution >= 4 is 5.96 Å². The molecule has 0 aliphatic heterocycles. The van der Waals surface area contributed by atoms with E-state index in [0.717, 1.165) is 12.1 Å². The van der Waals surface area contributed by atoms with Gasteiger partial charge in [-0.25, -0.2) is 9.38 Å². The Morgan fingerprint density at radius 3 is 2.90 bits per heavy atom. The molecule has 0 aliphatic carbocycles. The number of nitrogens with zero attached hydrogens (tertiary/aromatic N) is 3. The average Bonchev–Trinajstić information content (AvgIpc) is 2.88. The fourth-order valence-electron chi connectivity index (χ4n) is 1.72. The van der Waals surface area contributed by atoms with Crippen molar-refractivity contribution in [2.24, 2.45) is 4.99 Å². The van der Waals surface area contributed by atoms with Crippen LogP contribution in [-0.4, -0.2) is 22.6 Å². The van der Waals surface area contributed by atoms with Crippen molar-refractivity contribution in [1.29, 1.82) is 0 Å². The highest BCUT2D eigenvalue weighted by Gasteiger charge is 2.04. The lowest BCUT2D eigenvalue weighted by atomic mass is 10.2. The first-order chi connectivity index (χ1) is 10.2. The van der Waals surface area contributed by atoms with Gasteiger partial charge in [0.15, 0.2) is 11.8 Å². The molecular formula is C14H18FN5O. The van der Waals surface area contributed by atoms with E-state index in [1.807, 2.05) is 13.0 Å². The largest absolute Gasteiger partial charge is 0.357 e. The second-order valence-corrected chi connectivity index (χ2v) is 4.41. The van der Waals surface area contributed by atoms with E-state index in [0.29, 0.717) is 30.8 Å². The van der Waals surface area contributed by atoms with E-state index in [1.165, 1.54) is 12.1 Å². The van der Waals surface area contributed by atoms with Crippen molar-refractivity contribution in [2.45, 2.75) is 26.9 Å². The van der Waals surface area contributed by atoms with Gasteiger partial charge in [0.05, 0.1) is 13.1 Å². The van der Waals surface area contributed by atoms with Gasteiger partial charge < -0.3 is 15.2 Å². The van der Waals surface area contributed by atoms with Crippen LogP contribution in [0.15, 0.2) is 33.8 Å². The molecular weight excluding hydrogens is 273 g/mol. The molecule has 0 aliphatic rings. The minimum atomic E-state index is -0.261. The van der Waals surface area contributed by atoms with Gasteiger partial charge in [0.25, 0.3) is 0 Å². The minimum Gasteiger partial charge on any atom is -0.357 e. The van der Waals surface area contributed by atoms with Crippen LogP contribution in [0.25, 0.3) is 0 Å². The summed E-state index contributed by atoms with van der Waals surface area (Å²) in [5, 5.41) is 10.00. The molecule has 0 saturated heterocycles. The van der Waals surface area contributed by atoms with Gasteiger partial charge in [-0.1, -0.05) is 17.3 Å². The smallest absolute Gasteiger partial charge is 0.223 e. The topological polar surface area (TPSA) is 75.3 Å². The van der Waals surface area contributed by atoms with Gasteiger partial charge in [-0.3, -0.25) is 0 Å². The quantitative estimate of drug-likeness (QED) is 0.648. The van der Waals surface area contributed by atoms with Crippen molar-refractivity contribution in [3.05, 3.63) is 47.4 Å². The van der Waals surface area contributed by atoms with Crippen LogP contribution >= 0.6 is 0 Å². The first-order valence-electron chi connectivity index (χ1n) is 6.73. The summed E-state index contributed by atoms with van der Waals surface area (Å²) in [6, 6.07) is 6.38. The Balaban J connectivity index is 1.95. The fraction of sp³-hybridized carbons (Fsp3) is 0.357. The third-order valence-corrected chi connectivity index (χ3v) is 2.64. The number of hydrogen-bond acceptors (Lipinski definition) is 4. The number of nitrogens with one attached hydrogen (secondary N) is 2. The highest BCUT2D eigenvalue weighted by Crippen LogP contribution is 2.04. The number of aliphatic imine (C=N–C) groups is 1. The molecule has 0 saturated carbocycles. The van der Waals surface area contributed by atoms with E-state index in [9.17, 15) is 4.39 Å². The van der Waals surface area contributed by atoms with E-state index in [1.54, 1.807) is 13.0 Å². The highest BCUT2D eigenvalue weighted by molar-refractivity contribution is 5.79. The maximum absolute atomic E-state index is 13.1. The average molecular weight is 291 g/mol. The summed E-state index contributed by atoms with van der Waals surface area (Å²) in [5.41, 5.74) is 0.808. The molecule has 2 N–H and O–H groups in total. The normalized spacial score (nSPS) is 11.5. The van der Waals surface area contributed by atoms with Crippen LogP contribution in [0, 0.1) is 12.7 Å². The molecule has 7 heteroatoms. The van der Waals surface area contributed by atoms with Crippen LogP contribution < -0.4 is 10.6 Å². The van der Waals surface area contributed by atoms with E-state index < -0.39 is 0 Å². The van der Waals surface area contributed by atoms with Gasteiger partial charge in [-0.15, -0.1) is 0 Å². The summed E-state index contributed by atoms with van der Waals surface area (Å²) in [5.74, 6) is 1.43. The Bertz CT molecular complexity index is 611. The standard InChI is InChI=1S/C14H18FN5O/c1-3-16-14(18-9-13-19-10(2)21-20-13)17-8-11-5-4-6-12(15)7-11/h4-7H,3,8-9H2,1-2H3,(H2,16,17,18). The molecule has 0 radical (unpaired) electrons. The lowest BCUT2D eigenvalue weighted by Gasteiger charge is -2.09. The van der Waals surface area contributed by atoms with Crippen LogP contribution in [0.3, 0.4) is 0 Å². The Morgan fingerprint density at radius 1 is 1.38 bits per heavy atom. The predicted molar refractivity (Wildman–Crippen MR) is 77.1 cm³/mol. The number of benzene rings is 1. The summed E-state index contributed by atoms with van der Waals surface area (Å²) in [6.07, 6.45) is 0. The Hall–Kier alpha value is -2.44. The molecule has 112 valence electrons. The predicted octanol–water partition coefficient (Wildman–Crippen LogP) is 1.77. The number of hydrogen-bond donors (Lipinski definition) is 2. The minimum absolute atomic E-state index is 0.261. The number of rotatable bonds is 5. The zero-order chi connectivity index (χ0) is 15.1. The summed E-state index contributed by atoms with van der Waals surface area (Å²) < 4.78 is 18.0. The summed E-state index contributed by atoms with van der Waals surface area (Å²) >= 11 is 0. The lowest BCUT2D eigenvalue weighted by Crippen LogP contribution is -2.37. The molecule has 6 nitrogen and oxygen atoms in total. The highest BCUT2D eigenvalue weighted by atomic mass is 19.1. The molecule has 0 bridgehead atoms. The molecule has 2 aromatic rings. The Kier molecular flexibility index (Phi) is 5.25. The summed E-state index contributed by atoms with van der Waals surface area (Å²) in [4.78, 5) is 8.49. The lowest BCUT2D eigenvalue weighted by molar-refractivity contribution is 0.387. The van der Waals surface area contributed by atoms with Crippen LogP contribution in [0.5, 0.6) is 0 Å². The fourth-order valence-corrected chi connectivity index (χ4v) is 1.72. The second kappa shape index (κ2) is 7.37. The van der Waals surface area contributed by atoms with Gasteiger partial charge in [0.1, 0.15) is 5.82 Å². The van der Waals surface area contributed by atoms with Gasteiger partial charge in [-0.05, 0) is 24.6 Å². The SMILES string of the molecule is CCNC(=NCc1cccc(F)c1)NCc1noc(C)n1. The maximum atomic E-state index is 13.1. The molecule has 1 aromatic heterocycles. The van der Waals surface area contributed by atoms with Crippen molar-refractivity contribution < 1.29 is 8.91 Å². The first kappa shape index (κ1) is 15.0. The van der Waals surface area contributed by atoms with Crippen molar-refractivity contribution in [2.75, 3.05) is 6.54 Å². The molecule has 0 fully saturated rings. The zero-order valence-corrected chi connectivity index (χ0v) is 12.1. The van der Waals surface area contributed by atoms with Crippen molar-refractivity contribution in [1.82, 2.24) is 20.8 Å². The molecule has 0 amide bonds. The molecule has 0 spiro atoms. The summed E-state index contributed by atoms with van der Waals surface area (Å²) in [7, 11) is 0. The monoisotopic (exact) mass is 291 g/mol. The van der Waals surface area contributed by atoms with Crippen LogP contribution in [-0.2, 0) is 13.1 Å². The third kappa shape index (κ3) is 4.87. The first-order valence-corrected chi connectivity index (χ1v) is 6.73. The maximum Gasteiger partial charge on any atom is 0.223 e. The van der Waals surface area contributed by atoms with Crippen molar-refractivity contribution in [3.63, 3.8) is 0 Å². The number of aromatic nitrogens is 2. The van der Waals surface area contributed by atoms with Crippen LogP contribution in [0.2, 0.25) is 0 Å². The van der Waals surface area contributed by atoms with Crippen LogP contribution in [0.4, 0.5) is 4.39 Å². The van der Waals surface area contributed by atoms with Gasteiger partial charge in [0, 0.05) is 13.5 Å². The van der Waals surface area contributed by atoms with Gasteiger partial charge in [-0.2, -0.15) is 4.98 Å². The van der Waals surface area contributed by atoms with Gasteiger partial charge in [0.2, 0.25) is 5.89 Å². The molecule has 0 unspecified atom stereocenters. The third-order valence-electron chi connectivity index (χ3n) is 2.64. The molecule has 21 heavy (non-hydrogen) atoms. The van der Waals surface area contributed by atoms with E-state index >= 15 is 0 Å². The zero-order valence-electron chi connectivity index (χ0n) is 12.1. The molecule has 0 atom stereocenters. The van der Waals surface area contributed by atoms with E-state index in [2.05, 4.69) is 25.8 Å². The number of aryl methyl sites for hydroxylation is 1. The summed E-state index contributed by atoms with van der Waals surface area (Å²) in [6.45, 7) is 5.22. The van der Waals surface area contributed by atoms with Crippen molar-refractivity contribution in [3.8, 4) is 0 Å². The Labute approximate surface area is 122 Å². The second-order valence-electron chi connectivity index (χ2n) is 4.41. The number of guanidine groups is 1. The van der Waals surface area contributed by atoms with Gasteiger partial charge >= 0.3 is 0 Å².